The van der Waals surface area contributed by atoms with E-state index in [4.69, 9.17) is 0 Å². The van der Waals surface area contributed by atoms with Crippen LogP contribution in [0.15, 0.2) is 42.5 Å². The van der Waals surface area contributed by atoms with Crippen LogP contribution < -0.4 is 5.32 Å². The summed E-state index contributed by atoms with van der Waals surface area (Å²) in [7, 11) is 0. The Kier molecular flexibility index (Phi) is 4.26. The molecular weight excluding hydrogens is 283 g/mol. The summed E-state index contributed by atoms with van der Waals surface area (Å²) in [6.45, 7) is -0.637. The van der Waals surface area contributed by atoms with Crippen molar-refractivity contribution in [2.24, 2.45) is 0 Å². The van der Waals surface area contributed by atoms with Crippen LogP contribution in [-0.2, 0) is 4.79 Å². The number of halogens is 3. The summed E-state index contributed by atoms with van der Waals surface area (Å²) in [5.74, 6) is -1.64. The lowest BCUT2D eigenvalue weighted by molar-refractivity contribution is -0.151. The molecule has 0 saturated heterocycles. The van der Waals surface area contributed by atoms with Crippen LogP contribution in [0.2, 0.25) is 0 Å². The Morgan fingerprint density at radius 2 is 1.67 bits per heavy atom. The molecule has 0 aromatic heterocycles. The van der Waals surface area contributed by atoms with Gasteiger partial charge in [0.2, 0.25) is 0 Å². The van der Waals surface area contributed by atoms with Gasteiger partial charge >= 0.3 is 6.18 Å². The molecule has 21 heavy (non-hydrogen) atoms. The van der Waals surface area contributed by atoms with E-state index in [0.29, 0.717) is 10.9 Å². The van der Waals surface area contributed by atoms with Crippen molar-refractivity contribution in [2.45, 2.75) is 12.6 Å². The number of amides is 1. The molecule has 0 spiro atoms. The summed E-state index contributed by atoms with van der Waals surface area (Å²) in [4.78, 5) is 23.1. The molecule has 0 fully saturated rings. The number of ketones is 1. The van der Waals surface area contributed by atoms with E-state index in [1.165, 1.54) is 0 Å². The average molecular weight is 295 g/mol. The van der Waals surface area contributed by atoms with Crippen molar-refractivity contribution in [1.29, 1.82) is 0 Å². The smallest absolute Gasteiger partial charge is 0.345 e. The number of fused-ring (bicyclic) bond motifs is 1. The number of benzene rings is 2. The van der Waals surface area contributed by atoms with Gasteiger partial charge in [-0.15, -0.1) is 0 Å². The Labute approximate surface area is 118 Å². The van der Waals surface area contributed by atoms with Crippen LogP contribution in [0.1, 0.15) is 16.8 Å². The van der Waals surface area contributed by atoms with Crippen LogP contribution in [0.3, 0.4) is 0 Å². The van der Waals surface area contributed by atoms with Crippen LogP contribution in [0.25, 0.3) is 10.8 Å². The minimum atomic E-state index is -4.55. The molecule has 0 unspecified atom stereocenters. The number of rotatable bonds is 4. The lowest BCUT2D eigenvalue weighted by Crippen LogP contribution is -2.31. The maximum absolute atomic E-state index is 12.0. The SMILES string of the molecule is O=C(CNC(=O)c1cccc2ccccc12)CC(F)(F)F. The number of hydrogen-bond acceptors (Lipinski definition) is 2. The molecule has 6 heteroatoms. The molecule has 0 heterocycles. The van der Waals surface area contributed by atoms with Gasteiger partial charge in [-0.2, -0.15) is 13.2 Å². The topological polar surface area (TPSA) is 46.2 Å². The summed E-state index contributed by atoms with van der Waals surface area (Å²) in [5.41, 5.74) is 0.327. The first kappa shape index (κ1) is 15.0. The molecule has 1 amide bonds. The van der Waals surface area contributed by atoms with Gasteiger partial charge in [0.25, 0.3) is 5.91 Å². The Bertz CT molecular complexity index is 675. The van der Waals surface area contributed by atoms with Crippen molar-refractivity contribution in [3.8, 4) is 0 Å². The van der Waals surface area contributed by atoms with Gasteiger partial charge in [0, 0.05) is 5.56 Å². The van der Waals surface area contributed by atoms with Gasteiger partial charge in [-0.1, -0.05) is 36.4 Å². The van der Waals surface area contributed by atoms with Crippen LogP contribution in [0.5, 0.6) is 0 Å². The molecule has 2 aromatic rings. The summed E-state index contributed by atoms with van der Waals surface area (Å²) in [6.07, 6.45) is -6.09. The molecule has 2 aromatic carbocycles. The third kappa shape index (κ3) is 4.05. The number of carbonyl (C=O) groups is 2. The lowest BCUT2D eigenvalue weighted by atomic mass is 10.0. The molecule has 0 aliphatic rings. The molecule has 0 bridgehead atoms. The van der Waals surface area contributed by atoms with E-state index in [1.807, 2.05) is 18.2 Å². The molecule has 3 nitrogen and oxygen atoms in total. The van der Waals surface area contributed by atoms with E-state index in [0.717, 1.165) is 5.39 Å². The summed E-state index contributed by atoms with van der Waals surface area (Å²) in [6, 6.07) is 12.2. The zero-order valence-corrected chi connectivity index (χ0v) is 10.9. The first-order valence-corrected chi connectivity index (χ1v) is 6.21. The maximum atomic E-state index is 12.0. The van der Waals surface area contributed by atoms with Gasteiger partial charge < -0.3 is 5.32 Å². The van der Waals surface area contributed by atoms with Crippen molar-refractivity contribution >= 4 is 22.5 Å². The van der Waals surface area contributed by atoms with Gasteiger partial charge in [-0.25, -0.2) is 0 Å². The summed E-state index contributed by atoms with van der Waals surface area (Å²) >= 11 is 0. The Balaban J connectivity index is 2.08. The van der Waals surface area contributed by atoms with Gasteiger partial charge in [0.1, 0.15) is 6.42 Å². The highest BCUT2D eigenvalue weighted by molar-refractivity contribution is 6.07. The second-order valence-corrected chi connectivity index (χ2v) is 4.54. The average Bonchev–Trinajstić information content (AvgIpc) is 2.42. The highest BCUT2D eigenvalue weighted by Crippen LogP contribution is 2.20. The van der Waals surface area contributed by atoms with Crippen LogP contribution in [0.4, 0.5) is 13.2 Å². The molecule has 0 radical (unpaired) electrons. The molecule has 0 saturated carbocycles. The fourth-order valence-corrected chi connectivity index (χ4v) is 1.98. The van der Waals surface area contributed by atoms with Gasteiger partial charge in [0.15, 0.2) is 5.78 Å². The van der Waals surface area contributed by atoms with E-state index in [1.54, 1.807) is 24.3 Å². The zero-order chi connectivity index (χ0) is 15.5. The maximum Gasteiger partial charge on any atom is 0.395 e. The Hall–Kier alpha value is -2.37. The van der Waals surface area contributed by atoms with Crippen molar-refractivity contribution < 1.29 is 22.8 Å². The van der Waals surface area contributed by atoms with Crippen molar-refractivity contribution in [2.75, 3.05) is 6.54 Å². The van der Waals surface area contributed by atoms with Crippen LogP contribution >= 0.6 is 0 Å². The Morgan fingerprint density at radius 3 is 2.38 bits per heavy atom. The molecule has 2 rings (SSSR count). The second kappa shape index (κ2) is 5.95. The summed E-state index contributed by atoms with van der Waals surface area (Å²) in [5, 5.41) is 3.75. The quantitative estimate of drug-likeness (QED) is 0.942. The monoisotopic (exact) mass is 295 g/mol. The second-order valence-electron chi connectivity index (χ2n) is 4.54. The van der Waals surface area contributed by atoms with Crippen LogP contribution in [-0.4, -0.2) is 24.4 Å². The summed E-state index contributed by atoms with van der Waals surface area (Å²) < 4.78 is 36.1. The molecular formula is C15H12F3NO2. The predicted octanol–water partition coefficient (Wildman–Crippen LogP) is 3.09. The van der Waals surface area contributed by atoms with Crippen molar-refractivity contribution in [3.05, 3.63) is 48.0 Å². The zero-order valence-electron chi connectivity index (χ0n) is 10.9. The number of carbonyl (C=O) groups excluding carboxylic acids is 2. The highest BCUT2D eigenvalue weighted by atomic mass is 19.4. The molecule has 1 N–H and O–H groups in total. The normalized spacial score (nSPS) is 11.4. The first-order chi connectivity index (χ1) is 9.87. The first-order valence-electron chi connectivity index (χ1n) is 6.21. The number of Topliss-reactive ketones (excluding diaryl/α,β-unsaturated/α-hetero) is 1. The van der Waals surface area contributed by atoms with Gasteiger partial charge in [-0.05, 0) is 16.8 Å². The fraction of sp³-hybridized carbons (Fsp3) is 0.200. The number of hydrogen-bond donors (Lipinski definition) is 1. The lowest BCUT2D eigenvalue weighted by Gasteiger charge is -2.08. The van der Waals surface area contributed by atoms with Gasteiger partial charge in [-0.3, -0.25) is 9.59 Å². The number of alkyl halides is 3. The predicted molar refractivity (Wildman–Crippen MR) is 72.0 cm³/mol. The van der Waals surface area contributed by atoms with Gasteiger partial charge in [0.05, 0.1) is 6.54 Å². The van der Waals surface area contributed by atoms with E-state index >= 15 is 0 Å². The van der Waals surface area contributed by atoms with E-state index < -0.39 is 30.8 Å². The third-order valence-corrected chi connectivity index (χ3v) is 2.88. The molecule has 0 atom stereocenters. The van der Waals surface area contributed by atoms with E-state index in [-0.39, 0.29) is 0 Å². The third-order valence-electron chi connectivity index (χ3n) is 2.88. The molecule has 110 valence electrons. The fourth-order valence-electron chi connectivity index (χ4n) is 1.98. The van der Waals surface area contributed by atoms with Crippen molar-refractivity contribution in [1.82, 2.24) is 5.32 Å². The van der Waals surface area contributed by atoms with Crippen LogP contribution in [0, 0.1) is 0 Å². The number of nitrogens with one attached hydrogen (secondary N) is 1. The molecule has 0 aliphatic carbocycles. The standard InChI is InChI=1S/C15H12F3NO2/c16-15(17,18)8-11(20)9-19-14(21)13-7-3-5-10-4-1-2-6-12(10)13/h1-7H,8-9H2,(H,19,21). The van der Waals surface area contributed by atoms with Crippen molar-refractivity contribution in [3.63, 3.8) is 0 Å². The van der Waals surface area contributed by atoms with E-state index in [9.17, 15) is 22.8 Å². The highest BCUT2D eigenvalue weighted by Gasteiger charge is 2.30. The largest absolute Gasteiger partial charge is 0.395 e. The van der Waals surface area contributed by atoms with E-state index in [2.05, 4.69) is 5.32 Å². The minimum absolute atomic E-state index is 0.327. The minimum Gasteiger partial charge on any atom is -0.345 e. The Morgan fingerprint density at radius 1 is 1.00 bits per heavy atom. The molecule has 0 aliphatic heterocycles.